The number of hydrogen-bond donors (Lipinski definition) is 1. The lowest BCUT2D eigenvalue weighted by atomic mass is 10.4. The van der Waals surface area contributed by atoms with Crippen LogP contribution in [-0.4, -0.2) is 25.6 Å². The van der Waals surface area contributed by atoms with Crippen LogP contribution >= 0.6 is 0 Å². The predicted molar refractivity (Wildman–Crippen MR) is 64.5 cm³/mol. The van der Waals surface area contributed by atoms with Crippen molar-refractivity contribution in [3.05, 3.63) is 34.5 Å². The molecule has 1 aromatic rings. The van der Waals surface area contributed by atoms with Gasteiger partial charge < -0.3 is 14.8 Å². The van der Waals surface area contributed by atoms with Gasteiger partial charge in [-0.1, -0.05) is 6.07 Å². The third-order valence-corrected chi connectivity index (χ3v) is 2.00. The van der Waals surface area contributed by atoms with Crippen LogP contribution in [0.3, 0.4) is 0 Å². The quantitative estimate of drug-likeness (QED) is 0.627. The SMILES string of the molecule is CCOC(=O)C(=O)Nc1cc(OC)cccc1=O. The van der Waals surface area contributed by atoms with Crippen molar-refractivity contribution in [3.8, 4) is 5.75 Å². The summed E-state index contributed by atoms with van der Waals surface area (Å²) in [6.45, 7) is 1.66. The average Bonchev–Trinajstić information content (AvgIpc) is 2.52. The Morgan fingerprint density at radius 2 is 2.06 bits per heavy atom. The number of rotatable bonds is 3. The Hall–Kier alpha value is -2.37. The standard InChI is InChI=1S/C12H13NO5/c1-3-18-12(16)11(15)13-9-7-8(17-2)5-4-6-10(9)14/h4-7H,3H2,1-2H3,(H,13,14,15). The summed E-state index contributed by atoms with van der Waals surface area (Å²) < 4.78 is 9.46. The van der Waals surface area contributed by atoms with Crippen molar-refractivity contribution in [2.24, 2.45) is 0 Å². The van der Waals surface area contributed by atoms with E-state index in [1.165, 1.54) is 25.3 Å². The topological polar surface area (TPSA) is 81.7 Å². The minimum absolute atomic E-state index is 0.0464. The molecular weight excluding hydrogens is 238 g/mol. The van der Waals surface area contributed by atoms with Crippen LogP contribution in [0, 0.1) is 0 Å². The van der Waals surface area contributed by atoms with Gasteiger partial charge in [-0.2, -0.15) is 0 Å². The number of hydrogen-bond acceptors (Lipinski definition) is 5. The van der Waals surface area contributed by atoms with Gasteiger partial charge in [0.05, 0.1) is 19.4 Å². The zero-order chi connectivity index (χ0) is 13.5. The van der Waals surface area contributed by atoms with E-state index in [4.69, 9.17) is 4.74 Å². The zero-order valence-electron chi connectivity index (χ0n) is 10.1. The lowest BCUT2D eigenvalue weighted by Crippen LogP contribution is -2.27. The number of esters is 1. The fourth-order valence-corrected chi connectivity index (χ4v) is 1.18. The number of amides is 1. The van der Waals surface area contributed by atoms with E-state index in [1.807, 2.05) is 0 Å². The van der Waals surface area contributed by atoms with E-state index in [1.54, 1.807) is 13.0 Å². The molecule has 6 heteroatoms. The third-order valence-electron chi connectivity index (χ3n) is 2.00. The van der Waals surface area contributed by atoms with Crippen molar-refractivity contribution in [1.82, 2.24) is 0 Å². The van der Waals surface area contributed by atoms with Crippen molar-refractivity contribution in [1.29, 1.82) is 0 Å². The first kappa shape index (κ1) is 13.7. The molecule has 0 radical (unpaired) electrons. The highest BCUT2D eigenvalue weighted by Crippen LogP contribution is 2.11. The van der Waals surface area contributed by atoms with Gasteiger partial charge in [-0.3, -0.25) is 9.59 Å². The maximum Gasteiger partial charge on any atom is 0.397 e. The van der Waals surface area contributed by atoms with Crippen LogP contribution in [0.5, 0.6) is 5.75 Å². The Labute approximate surface area is 104 Å². The Morgan fingerprint density at radius 1 is 1.33 bits per heavy atom. The first-order chi connectivity index (χ1) is 8.58. The molecule has 0 aliphatic heterocycles. The van der Waals surface area contributed by atoms with Crippen LogP contribution in [0.1, 0.15) is 6.92 Å². The van der Waals surface area contributed by atoms with Crippen molar-refractivity contribution >= 4 is 17.6 Å². The molecule has 0 aliphatic carbocycles. The van der Waals surface area contributed by atoms with Gasteiger partial charge in [-0.25, -0.2) is 4.79 Å². The normalized spacial score (nSPS) is 9.44. The smallest absolute Gasteiger partial charge is 0.397 e. The van der Waals surface area contributed by atoms with E-state index in [0.29, 0.717) is 5.75 Å². The first-order valence-corrected chi connectivity index (χ1v) is 5.25. The lowest BCUT2D eigenvalue weighted by Gasteiger charge is -2.03. The van der Waals surface area contributed by atoms with E-state index in [-0.39, 0.29) is 12.3 Å². The number of carbonyl (C=O) groups excluding carboxylic acids is 2. The Morgan fingerprint density at radius 3 is 2.67 bits per heavy atom. The van der Waals surface area contributed by atoms with Crippen LogP contribution in [0.2, 0.25) is 0 Å². The highest BCUT2D eigenvalue weighted by molar-refractivity contribution is 6.37. The fourth-order valence-electron chi connectivity index (χ4n) is 1.18. The Kier molecular flexibility index (Phi) is 4.86. The molecule has 0 aliphatic rings. The summed E-state index contributed by atoms with van der Waals surface area (Å²) in [4.78, 5) is 34.1. The van der Waals surface area contributed by atoms with E-state index in [0.717, 1.165) is 0 Å². The van der Waals surface area contributed by atoms with Gasteiger partial charge in [0, 0.05) is 6.07 Å². The number of ether oxygens (including phenoxy) is 2. The molecule has 0 fully saturated rings. The van der Waals surface area contributed by atoms with Crippen LogP contribution in [0.25, 0.3) is 0 Å². The third kappa shape index (κ3) is 3.58. The zero-order valence-corrected chi connectivity index (χ0v) is 10.1. The molecular formula is C12H13NO5. The molecule has 1 amide bonds. The van der Waals surface area contributed by atoms with Crippen molar-refractivity contribution in [2.75, 3.05) is 19.0 Å². The second kappa shape index (κ2) is 6.39. The van der Waals surface area contributed by atoms with Gasteiger partial charge in [-0.15, -0.1) is 0 Å². The summed E-state index contributed by atoms with van der Waals surface area (Å²) >= 11 is 0. The minimum Gasteiger partial charge on any atom is -0.497 e. The molecule has 1 aromatic carbocycles. The first-order valence-electron chi connectivity index (χ1n) is 5.25. The summed E-state index contributed by atoms with van der Waals surface area (Å²) in [5.74, 6) is -1.65. The van der Waals surface area contributed by atoms with Crippen LogP contribution in [0.4, 0.5) is 5.69 Å². The van der Waals surface area contributed by atoms with Crippen molar-refractivity contribution in [3.63, 3.8) is 0 Å². The van der Waals surface area contributed by atoms with Crippen LogP contribution < -0.4 is 15.5 Å². The van der Waals surface area contributed by atoms with E-state index in [9.17, 15) is 14.4 Å². The Balaban J connectivity index is 2.97. The predicted octanol–water partition coefficient (Wildman–Crippen LogP) is 0.557. The molecule has 0 heterocycles. The highest BCUT2D eigenvalue weighted by atomic mass is 16.5. The molecule has 1 N–H and O–H groups in total. The van der Waals surface area contributed by atoms with E-state index in [2.05, 4.69) is 10.1 Å². The molecule has 6 nitrogen and oxygen atoms in total. The Bertz CT molecular complexity index is 512. The van der Waals surface area contributed by atoms with Gasteiger partial charge in [0.15, 0.2) is 0 Å². The van der Waals surface area contributed by atoms with Gasteiger partial charge in [0.25, 0.3) is 0 Å². The molecule has 0 saturated heterocycles. The molecule has 0 aromatic heterocycles. The van der Waals surface area contributed by atoms with Gasteiger partial charge in [-0.05, 0) is 19.1 Å². The van der Waals surface area contributed by atoms with Crippen LogP contribution in [-0.2, 0) is 14.3 Å². The number of methoxy groups -OCH3 is 1. The monoisotopic (exact) mass is 251 g/mol. The molecule has 0 saturated carbocycles. The average molecular weight is 251 g/mol. The van der Waals surface area contributed by atoms with Crippen molar-refractivity contribution in [2.45, 2.75) is 6.92 Å². The van der Waals surface area contributed by atoms with Crippen LogP contribution in [0.15, 0.2) is 29.1 Å². The second-order valence-electron chi connectivity index (χ2n) is 3.23. The summed E-state index contributed by atoms with van der Waals surface area (Å²) in [7, 11) is 1.43. The molecule has 18 heavy (non-hydrogen) atoms. The number of nitrogens with one attached hydrogen (secondary N) is 1. The summed E-state index contributed by atoms with van der Waals surface area (Å²) in [5, 5.41) is 2.18. The van der Waals surface area contributed by atoms with E-state index >= 15 is 0 Å². The molecule has 1 rings (SSSR count). The summed E-state index contributed by atoms with van der Waals surface area (Å²) in [5.41, 5.74) is -0.481. The maximum atomic E-state index is 11.6. The molecule has 96 valence electrons. The number of carbonyl (C=O) groups is 2. The highest BCUT2D eigenvalue weighted by Gasteiger charge is 2.15. The molecule has 0 unspecified atom stereocenters. The largest absolute Gasteiger partial charge is 0.497 e. The molecule has 0 bridgehead atoms. The van der Waals surface area contributed by atoms with Gasteiger partial charge >= 0.3 is 11.9 Å². The molecule has 0 atom stereocenters. The van der Waals surface area contributed by atoms with Gasteiger partial charge in [0.2, 0.25) is 5.43 Å². The fraction of sp³-hybridized carbons (Fsp3) is 0.250. The maximum absolute atomic E-state index is 11.6. The lowest BCUT2D eigenvalue weighted by molar-refractivity contribution is -0.152. The second-order valence-corrected chi connectivity index (χ2v) is 3.23. The van der Waals surface area contributed by atoms with Crippen molar-refractivity contribution < 1.29 is 19.1 Å². The van der Waals surface area contributed by atoms with Gasteiger partial charge in [0.1, 0.15) is 5.75 Å². The van der Waals surface area contributed by atoms with E-state index < -0.39 is 17.3 Å². The number of anilines is 1. The summed E-state index contributed by atoms with van der Waals surface area (Å²) in [6.07, 6.45) is 0. The molecule has 0 spiro atoms. The summed E-state index contributed by atoms with van der Waals surface area (Å²) in [6, 6.07) is 5.63. The minimum atomic E-state index is -1.04.